The van der Waals surface area contributed by atoms with Crippen molar-refractivity contribution in [1.29, 1.82) is 0 Å². The predicted octanol–water partition coefficient (Wildman–Crippen LogP) is 2.18. The van der Waals surface area contributed by atoms with E-state index < -0.39 is 0 Å². The van der Waals surface area contributed by atoms with Gasteiger partial charge in [-0.25, -0.2) is 0 Å². The molecule has 0 saturated carbocycles. The van der Waals surface area contributed by atoms with Gasteiger partial charge >= 0.3 is 0 Å². The molecule has 0 radical (unpaired) electrons. The van der Waals surface area contributed by atoms with Crippen LogP contribution in [-0.2, 0) is 0 Å². The zero-order valence-corrected chi connectivity index (χ0v) is 8.62. The zero-order chi connectivity index (χ0) is 9.68. The van der Waals surface area contributed by atoms with Crippen LogP contribution in [0.2, 0.25) is 0 Å². The first kappa shape index (κ1) is 10.2. The fraction of sp³-hybridized carbons (Fsp3) is 0.545. The van der Waals surface area contributed by atoms with Crippen molar-refractivity contribution in [3.8, 4) is 0 Å². The quantitative estimate of drug-likeness (QED) is 0.764. The largest absolute Gasteiger partial charge is 0.317 e. The van der Waals surface area contributed by atoms with E-state index in [1.165, 1.54) is 5.56 Å². The molecule has 2 atom stereocenters. The third kappa shape index (κ3) is 2.52. The molecular weight excluding hydrogens is 160 g/mol. The molecule has 1 heterocycles. The Morgan fingerprint density at radius 2 is 2.00 bits per heavy atom. The molecule has 0 aliphatic heterocycles. The zero-order valence-electron chi connectivity index (χ0n) is 8.62. The molecule has 13 heavy (non-hydrogen) atoms. The third-order valence-corrected chi connectivity index (χ3v) is 2.63. The van der Waals surface area contributed by atoms with Crippen molar-refractivity contribution in [3.63, 3.8) is 0 Å². The van der Waals surface area contributed by atoms with E-state index in [9.17, 15) is 0 Å². The topological polar surface area (TPSA) is 24.9 Å². The first-order valence-electron chi connectivity index (χ1n) is 4.86. The maximum absolute atomic E-state index is 4.03. The van der Waals surface area contributed by atoms with E-state index in [1.54, 1.807) is 0 Å². The number of nitrogens with zero attached hydrogens (tertiary/aromatic N) is 1. The molecule has 0 fully saturated rings. The summed E-state index contributed by atoms with van der Waals surface area (Å²) in [5.41, 5.74) is 1.37. The van der Waals surface area contributed by atoms with Gasteiger partial charge in [0.15, 0.2) is 0 Å². The van der Waals surface area contributed by atoms with Crippen molar-refractivity contribution >= 4 is 0 Å². The van der Waals surface area contributed by atoms with E-state index in [-0.39, 0.29) is 0 Å². The second-order valence-corrected chi connectivity index (χ2v) is 3.37. The molecule has 1 N–H and O–H groups in total. The molecule has 0 bridgehead atoms. The van der Waals surface area contributed by atoms with Gasteiger partial charge in [0.25, 0.3) is 0 Å². The van der Waals surface area contributed by atoms with Crippen LogP contribution in [0.4, 0.5) is 0 Å². The van der Waals surface area contributed by atoms with Crippen molar-refractivity contribution in [1.82, 2.24) is 10.3 Å². The molecule has 2 heteroatoms. The van der Waals surface area contributed by atoms with Crippen LogP contribution in [-0.4, -0.2) is 18.1 Å². The highest BCUT2D eigenvalue weighted by Crippen LogP contribution is 2.21. The minimum Gasteiger partial charge on any atom is -0.317 e. The molecule has 1 aromatic rings. The average molecular weight is 178 g/mol. The van der Waals surface area contributed by atoms with Gasteiger partial charge in [-0.05, 0) is 44.0 Å². The molecule has 0 aliphatic rings. The highest BCUT2D eigenvalue weighted by molar-refractivity contribution is 5.17. The van der Waals surface area contributed by atoms with Gasteiger partial charge in [-0.2, -0.15) is 0 Å². The van der Waals surface area contributed by atoms with Crippen molar-refractivity contribution in [2.24, 2.45) is 0 Å². The molecular formula is C11H18N2. The molecule has 2 unspecified atom stereocenters. The van der Waals surface area contributed by atoms with E-state index in [1.807, 2.05) is 19.4 Å². The van der Waals surface area contributed by atoms with Crippen molar-refractivity contribution in [3.05, 3.63) is 30.1 Å². The fourth-order valence-electron chi connectivity index (χ4n) is 1.69. The molecule has 0 saturated heterocycles. The Morgan fingerprint density at radius 3 is 2.46 bits per heavy atom. The SMILES string of the molecule is CCC(c1ccncc1)C(C)NC. The predicted molar refractivity (Wildman–Crippen MR) is 55.8 cm³/mol. The number of likely N-dealkylation sites (N-methyl/N-ethyl adjacent to an activating group) is 1. The summed E-state index contributed by atoms with van der Waals surface area (Å²) in [6.45, 7) is 4.44. The standard InChI is InChI=1S/C11H18N2/c1-4-11(9(2)12-3)10-5-7-13-8-6-10/h5-9,11-12H,4H2,1-3H3. The lowest BCUT2D eigenvalue weighted by atomic mass is 9.91. The summed E-state index contributed by atoms with van der Waals surface area (Å²) in [6.07, 6.45) is 4.88. The normalized spacial score (nSPS) is 15.3. The minimum absolute atomic E-state index is 0.521. The fourth-order valence-corrected chi connectivity index (χ4v) is 1.69. The molecule has 1 aromatic heterocycles. The summed E-state index contributed by atoms with van der Waals surface area (Å²) in [4.78, 5) is 4.03. The summed E-state index contributed by atoms with van der Waals surface area (Å²) in [5.74, 6) is 0.591. The number of rotatable bonds is 4. The Kier molecular flexibility index (Phi) is 3.90. The highest BCUT2D eigenvalue weighted by atomic mass is 14.9. The Labute approximate surface area is 80.4 Å². The maximum Gasteiger partial charge on any atom is 0.0270 e. The van der Waals surface area contributed by atoms with Crippen LogP contribution in [0.3, 0.4) is 0 Å². The molecule has 72 valence electrons. The van der Waals surface area contributed by atoms with Gasteiger partial charge in [-0.3, -0.25) is 4.98 Å². The molecule has 0 amide bonds. The summed E-state index contributed by atoms with van der Waals surface area (Å²) >= 11 is 0. The third-order valence-electron chi connectivity index (χ3n) is 2.63. The second kappa shape index (κ2) is 4.97. The molecule has 1 rings (SSSR count). The molecule has 2 nitrogen and oxygen atoms in total. The van der Waals surface area contributed by atoms with Crippen LogP contribution in [0.15, 0.2) is 24.5 Å². The van der Waals surface area contributed by atoms with Gasteiger partial charge in [0.2, 0.25) is 0 Å². The molecule has 0 aromatic carbocycles. The summed E-state index contributed by atoms with van der Waals surface area (Å²) in [7, 11) is 2.01. The number of aromatic nitrogens is 1. The number of hydrogen-bond donors (Lipinski definition) is 1. The Hall–Kier alpha value is -0.890. The Morgan fingerprint density at radius 1 is 1.38 bits per heavy atom. The van der Waals surface area contributed by atoms with Gasteiger partial charge < -0.3 is 5.32 Å². The van der Waals surface area contributed by atoms with Gasteiger partial charge in [0, 0.05) is 18.4 Å². The van der Waals surface area contributed by atoms with Crippen LogP contribution in [0, 0.1) is 0 Å². The van der Waals surface area contributed by atoms with Crippen molar-refractivity contribution in [2.75, 3.05) is 7.05 Å². The van der Waals surface area contributed by atoms with Gasteiger partial charge in [0.05, 0.1) is 0 Å². The lowest BCUT2D eigenvalue weighted by molar-refractivity contribution is 0.483. The summed E-state index contributed by atoms with van der Waals surface area (Å²) in [5, 5.41) is 3.29. The summed E-state index contributed by atoms with van der Waals surface area (Å²) in [6, 6.07) is 4.72. The molecule has 0 spiro atoms. The average Bonchev–Trinajstić information content (AvgIpc) is 2.20. The number of nitrogens with one attached hydrogen (secondary N) is 1. The van der Waals surface area contributed by atoms with E-state index in [2.05, 4.69) is 36.3 Å². The van der Waals surface area contributed by atoms with Crippen molar-refractivity contribution < 1.29 is 0 Å². The van der Waals surface area contributed by atoms with Gasteiger partial charge in [0.1, 0.15) is 0 Å². The van der Waals surface area contributed by atoms with E-state index in [4.69, 9.17) is 0 Å². The van der Waals surface area contributed by atoms with E-state index >= 15 is 0 Å². The minimum atomic E-state index is 0.521. The van der Waals surface area contributed by atoms with Crippen LogP contribution < -0.4 is 5.32 Å². The monoisotopic (exact) mass is 178 g/mol. The van der Waals surface area contributed by atoms with Gasteiger partial charge in [-0.15, -0.1) is 0 Å². The first-order valence-corrected chi connectivity index (χ1v) is 4.86. The number of hydrogen-bond acceptors (Lipinski definition) is 2. The van der Waals surface area contributed by atoms with Crippen LogP contribution in [0.1, 0.15) is 31.7 Å². The Bertz CT molecular complexity index is 233. The van der Waals surface area contributed by atoms with Crippen LogP contribution >= 0.6 is 0 Å². The highest BCUT2D eigenvalue weighted by Gasteiger charge is 2.14. The van der Waals surface area contributed by atoms with Crippen LogP contribution in [0.25, 0.3) is 0 Å². The van der Waals surface area contributed by atoms with Gasteiger partial charge in [-0.1, -0.05) is 6.92 Å². The Balaban J connectivity index is 2.78. The van der Waals surface area contributed by atoms with E-state index in [0.29, 0.717) is 12.0 Å². The van der Waals surface area contributed by atoms with Crippen molar-refractivity contribution in [2.45, 2.75) is 32.2 Å². The molecule has 0 aliphatic carbocycles. The first-order chi connectivity index (χ1) is 6.29. The van der Waals surface area contributed by atoms with Crippen LogP contribution in [0.5, 0.6) is 0 Å². The smallest absolute Gasteiger partial charge is 0.0270 e. The van der Waals surface area contributed by atoms with E-state index in [0.717, 1.165) is 6.42 Å². The maximum atomic E-state index is 4.03. The summed E-state index contributed by atoms with van der Waals surface area (Å²) < 4.78 is 0. The lowest BCUT2D eigenvalue weighted by Gasteiger charge is -2.22. The lowest BCUT2D eigenvalue weighted by Crippen LogP contribution is -2.28. The number of pyridine rings is 1. The second-order valence-electron chi connectivity index (χ2n) is 3.37.